The molecular weight excluding hydrogens is 254 g/mol. The molecule has 44 valence electrons. The second-order valence-electron chi connectivity index (χ2n) is 1.04. The first-order valence-electron chi connectivity index (χ1n) is 1.53. The molecule has 0 aromatic carbocycles. The zero-order chi connectivity index (χ0) is 6.08. The van der Waals surface area contributed by atoms with Crippen molar-refractivity contribution >= 4 is 32.7 Å². The number of hydrogen-bond donors (Lipinski definition) is 0. The van der Waals surface area contributed by atoms with E-state index >= 15 is 0 Å². The van der Waals surface area contributed by atoms with Crippen LogP contribution in [0, 0.1) is 0 Å². The average Bonchev–Trinajstić information content (AvgIpc) is 1.31. The monoisotopic (exact) mass is 258 g/mol. The normalized spacial score (nSPS) is 14.4. The van der Waals surface area contributed by atoms with Crippen LogP contribution in [0.15, 0.2) is 0 Å². The van der Waals surface area contributed by atoms with Crippen molar-refractivity contribution in [2.24, 2.45) is 0 Å². The van der Waals surface area contributed by atoms with Gasteiger partial charge in [0.05, 0.1) is 3.26 Å². The molecule has 0 saturated heterocycles. The Morgan fingerprint density at radius 1 is 1.62 bits per heavy atom. The maximum absolute atomic E-state index is 9.77. The molecule has 0 aromatic rings. The van der Waals surface area contributed by atoms with E-state index in [0.717, 1.165) is 0 Å². The third-order valence-electron chi connectivity index (χ3n) is 0.398. The summed E-state index contributed by atoms with van der Waals surface area (Å²) in [5, 5.41) is 0. The summed E-state index contributed by atoms with van der Waals surface area (Å²) in [6.07, 6.45) is 0. The van der Waals surface area contributed by atoms with E-state index in [0.29, 0.717) is 0 Å². The first kappa shape index (κ1) is 12.3. The predicted octanol–water partition coefficient (Wildman–Crippen LogP) is -2.68. The number of halogens is 1. The Bertz CT molecular complexity index is 139. The van der Waals surface area contributed by atoms with Gasteiger partial charge in [-0.15, -0.1) is 0 Å². The van der Waals surface area contributed by atoms with E-state index in [1.165, 1.54) is 6.92 Å². The summed E-state index contributed by atoms with van der Waals surface area (Å²) >= 11 is 1.55. The van der Waals surface area contributed by atoms with Gasteiger partial charge in [-0.2, -0.15) is 0 Å². The van der Waals surface area contributed by atoms with Crippen LogP contribution < -0.4 is 29.6 Å². The zero-order valence-electron chi connectivity index (χ0n) is 4.59. The molecule has 0 spiro atoms. The van der Waals surface area contributed by atoms with Gasteiger partial charge in [0.25, 0.3) is 0 Å². The Morgan fingerprint density at radius 2 is 1.75 bits per heavy atom. The molecule has 0 radical (unpaired) electrons. The summed E-state index contributed by atoms with van der Waals surface area (Å²) in [5.41, 5.74) is 0. The topological polar surface area (TPSA) is 57.2 Å². The van der Waals surface area contributed by atoms with Crippen LogP contribution in [0.5, 0.6) is 0 Å². The summed E-state index contributed by atoms with van der Waals surface area (Å²) in [6.45, 7) is 1.34. The molecule has 0 N–H and O–H groups in total. The van der Waals surface area contributed by atoms with Gasteiger partial charge in [-0.3, -0.25) is 0 Å². The molecule has 8 heavy (non-hydrogen) atoms. The number of alkyl halides is 1. The number of rotatable bonds is 1. The third-order valence-corrected chi connectivity index (χ3v) is 3.06. The van der Waals surface area contributed by atoms with Gasteiger partial charge < -0.3 is 4.55 Å². The molecule has 0 amide bonds. The summed E-state index contributed by atoms with van der Waals surface area (Å²) in [6, 6.07) is 0. The van der Waals surface area contributed by atoms with Crippen molar-refractivity contribution < 1.29 is 42.5 Å². The molecule has 0 heterocycles. The van der Waals surface area contributed by atoms with Gasteiger partial charge in [0.15, 0.2) is 0 Å². The first-order chi connectivity index (χ1) is 2.94. The average molecular weight is 258 g/mol. The van der Waals surface area contributed by atoms with Crippen molar-refractivity contribution in [3.8, 4) is 0 Å². The second kappa shape index (κ2) is 4.45. The molecular formula is C2H4INaO3S. The maximum Gasteiger partial charge on any atom is 1.00 e. The van der Waals surface area contributed by atoms with Crippen LogP contribution in [0.1, 0.15) is 6.92 Å². The molecule has 1 atom stereocenters. The standard InChI is InChI=1S/C2H5IO3S.Na/c1-2(3)7(4,5)6;/h2H,1H3,(H,4,5,6);/q;+1/p-1. The number of hydrogen-bond acceptors (Lipinski definition) is 3. The minimum absolute atomic E-state index is 0. The Labute approximate surface area is 84.4 Å². The maximum atomic E-state index is 9.77. The van der Waals surface area contributed by atoms with Crippen LogP contribution in [0.25, 0.3) is 0 Å². The zero-order valence-corrected chi connectivity index (χ0v) is 9.56. The van der Waals surface area contributed by atoms with E-state index in [9.17, 15) is 13.0 Å². The van der Waals surface area contributed by atoms with Crippen LogP contribution in [0.2, 0.25) is 0 Å². The summed E-state index contributed by atoms with van der Waals surface area (Å²) in [7, 11) is -4.00. The minimum atomic E-state index is -4.00. The van der Waals surface area contributed by atoms with E-state index in [4.69, 9.17) is 0 Å². The molecule has 3 nitrogen and oxygen atoms in total. The Kier molecular flexibility index (Phi) is 6.87. The Hall–Kier alpha value is 1.64. The van der Waals surface area contributed by atoms with Crippen molar-refractivity contribution in [3.63, 3.8) is 0 Å². The molecule has 0 rings (SSSR count). The van der Waals surface area contributed by atoms with Gasteiger partial charge in [0.1, 0.15) is 10.1 Å². The molecule has 1 unspecified atom stereocenters. The van der Waals surface area contributed by atoms with Gasteiger partial charge in [0.2, 0.25) is 0 Å². The van der Waals surface area contributed by atoms with Gasteiger partial charge in [-0.25, -0.2) is 8.42 Å². The fourth-order valence-corrected chi connectivity index (χ4v) is 0. The molecule has 0 aliphatic carbocycles. The van der Waals surface area contributed by atoms with Crippen LogP contribution >= 0.6 is 22.6 Å². The van der Waals surface area contributed by atoms with E-state index < -0.39 is 13.4 Å². The molecule has 0 saturated carbocycles. The fraction of sp³-hybridized carbons (Fsp3) is 1.00. The van der Waals surface area contributed by atoms with Crippen molar-refractivity contribution in [1.29, 1.82) is 0 Å². The minimum Gasteiger partial charge on any atom is -0.747 e. The van der Waals surface area contributed by atoms with Crippen LogP contribution in [-0.4, -0.2) is 16.2 Å². The predicted molar refractivity (Wildman–Crippen MR) is 33.2 cm³/mol. The second-order valence-corrected chi connectivity index (χ2v) is 5.44. The molecule has 0 aliphatic heterocycles. The van der Waals surface area contributed by atoms with Crippen molar-refractivity contribution in [2.45, 2.75) is 10.2 Å². The first-order valence-corrected chi connectivity index (χ1v) is 4.25. The smallest absolute Gasteiger partial charge is 0.747 e. The van der Waals surface area contributed by atoms with Crippen molar-refractivity contribution in [1.82, 2.24) is 0 Å². The largest absolute Gasteiger partial charge is 1.00 e. The van der Waals surface area contributed by atoms with Crippen LogP contribution in [0.3, 0.4) is 0 Å². The van der Waals surface area contributed by atoms with E-state index in [1.54, 1.807) is 22.6 Å². The molecule has 0 aliphatic rings. The van der Waals surface area contributed by atoms with Crippen molar-refractivity contribution in [3.05, 3.63) is 0 Å². The van der Waals surface area contributed by atoms with E-state index in [-0.39, 0.29) is 29.6 Å². The molecule has 0 aromatic heterocycles. The Balaban J connectivity index is 0. The quantitative estimate of drug-likeness (QED) is 0.223. The summed E-state index contributed by atoms with van der Waals surface area (Å²) in [5.74, 6) is 0. The van der Waals surface area contributed by atoms with Gasteiger partial charge in [-0.05, 0) is 6.92 Å². The molecule has 0 fully saturated rings. The fourth-order valence-electron chi connectivity index (χ4n) is 0. The van der Waals surface area contributed by atoms with Crippen molar-refractivity contribution in [2.75, 3.05) is 0 Å². The Morgan fingerprint density at radius 3 is 1.75 bits per heavy atom. The van der Waals surface area contributed by atoms with E-state index in [1.807, 2.05) is 0 Å². The summed E-state index contributed by atoms with van der Waals surface area (Å²) in [4.78, 5) is 0. The third kappa shape index (κ3) is 5.77. The van der Waals surface area contributed by atoms with Gasteiger partial charge in [0, 0.05) is 0 Å². The van der Waals surface area contributed by atoms with Gasteiger partial charge >= 0.3 is 29.6 Å². The van der Waals surface area contributed by atoms with E-state index in [2.05, 4.69) is 0 Å². The van der Waals surface area contributed by atoms with Gasteiger partial charge in [-0.1, -0.05) is 22.6 Å². The van der Waals surface area contributed by atoms with Crippen LogP contribution in [-0.2, 0) is 10.1 Å². The molecule has 6 heteroatoms. The molecule has 0 bridgehead atoms. The SMILES string of the molecule is CC(I)S(=O)(=O)[O-].[Na+]. The van der Waals surface area contributed by atoms with Crippen LogP contribution in [0.4, 0.5) is 0 Å². The summed E-state index contributed by atoms with van der Waals surface area (Å²) < 4.78 is 28.5.